The third-order valence-corrected chi connectivity index (χ3v) is 3.57. The molecule has 0 saturated heterocycles. The maximum Gasteiger partial charge on any atom is 0.209 e. The number of benzene rings is 2. The average Bonchev–Trinajstić information content (AvgIpc) is 2.78. The first-order chi connectivity index (χ1) is 10.1. The second-order valence-corrected chi connectivity index (χ2v) is 5.41. The van der Waals surface area contributed by atoms with Gasteiger partial charge in [-0.05, 0) is 48.6 Å². The monoisotopic (exact) mass is 316 g/mol. The first kappa shape index (κ1) is 13.9. The minimum absolute atomic E-state index is 0.482. The number of anilines is 2. The number of nitrogens with one attached hydrogen (secondary N) is 2. The van der Waals surface area contributed by atoms with Gasteiger partial charge in [0.25, 0.3) is 0 Å². The summed E-state index contributed by atoms with van der Waals surface area (Å²) in [5, 5.41) is 7.37. The normalized spacial score (nSPS) is 10.6. The fraction of sp³-hybridized carbons (Fsp3) is 0.0667. The van der Waals surface area contributed by atoms with Gasteiger partial charge in [-0.3, -0.25) is 0 Å². The van der Waals surface area contributed by atoms with Crippen molar-refractivity contribution in [3.8, 4) is 0 Å². The predicted octanol–water partition coefficient (Wildman–Crippen LogP) is 4.04. The predicted molar refractivity (Wildman–Crippen MR) is 92.0 cm³/mol. The molecule has 3 aromatic rings. The summed E-state index contributed by atoms with van der Waals surface area (Å²) in [4.78, 5) is 4.51. The molecule has 0 aliphatic rings. The quantitative estimate of drug-likeness (QED) is 0.700. The van der Waals surface area contributed by atoms with E-state index in [2.05, 4.69) is 15.6 Å². The average molecular weight is 317 g/mol. The molecule has 21 heavy (non-hydrogen) atoms. The van der Waals surface area contributed by atoms with Crippen LogP contribution in [0.1, 0.15) is 0 Å². The van der Waals surface area contributed by atoms with Crippen LogP contribution in [0.25, 0.3) is 11.0 Å². The van der Waals surface area contributed by atoms with Crippen molar-refractivity contribution in [2.24, 2.45) is 7.05 Å². The molecule has 2 N–H and O–H groups in total. The molecule has 0 fully saturated rings. The first-order valence-corrected chi connectivity index (χ1v) is 7.17. The smallest absolute Gasteiger partial charge is 0.209 e. The summed E-state index contributed by atoms with van der Waals surface area (Å²) in [6.45, 7) is 0. The Hall–Kier alpha value is -2.11. The van der Waals surface area contributed by atoms with Crippen molar-refractivity contribution in [2.75, 3.05) is 10.6 Å². The van der Waals surface area contributed by atoms with Crippen molar-refractivity contribution >= 4 is 51.6 Å². The number of para-hydroxylation sites is 2. The highest BCUT2D eigenvalue weighted by Crippen LogP contribution is 2.18. The summed E-state index contributed by atoms with van der Waals surface area (Å²) in [6.07, 6.45) is 0. The van der Waals surface area contributed by atoms with Gasteiger partial charge in [-0.1, -0.05) is 23.7 Å². The van der Waals surface area contributed by atoms with E-state index in [1.54, 1.807) is 0 Å². The molecule has 0 aliphatic carbocycles. The zero-order chi connectivity index (χ0) is 14.8. The van der Waals surface area contributed by atoms with E-state index in [1.807, 2.05) is 60.1 Å². The lowest BCUT2D eigenvalue weighted by Crippen LogP contribution is -2.21. The molecule has 1 aromatic heterocycles. The zero-order valence-electron chi connectivity index (χ0n) is 11.3. The van der Waals surface area contributed by atoms with Crippen LogP contribution in [0.5, 0.6) is 0 Å². The molecule has 0 amide bonds. The van der Waals surface area contributed by atoms with Gasteiger partial charge < -0.3 is 15.2 Å². The topological polar surface area (TPSA) is 41.9 Å². The highest BCUT2D eigenvalue weighted by Gasteiger charge is 2.08. The molecule has 0 bridgehead atoms. The summed E-state index contributed by atoms with van der Waals surface area (Å²) in [5.74, 6) is 0.697. The Bertz CT molecular complexity index is 795. The summed E-state index contributed by atoms with van der Waals surface area (Å²) in [6, 6.07) is 15.3. The number of halogens is 1. The van der Waals surface area contributed by atoms with E-state index in [0.717, 1.165) is 16.7 Å². The van der Waals surface area contributed by atoms with Crippen molar-refractivity contribution in [3.05, 3.63) is 53.6 Å². The van der Waals surface area contributed by atoms with Crippen LogP contribution in [0, 0.1) is 0 Å². The van der Waals surface area contributed by atoms with Gasteiger partial charge in [-0.2, -0.15) is 0 Å². The Morgan fingerprint density at radius 2 is 1.81 bits per heavy atom. The minimum Gasteiger partial charge on any atom is -0.332 e. The third kappa shape index (κ3) is 2.99. The molecular formula is C15H13ClN4S. The van der Waals surface area contributed by atoms with Crippen LogP contribution in [0.3, 0.4) is 0 Å². The van der Waals surface area contributed by atoms with Gasteiger partial charge in [0.15, 0.2) is 5.11 Å². The lowest BCUT2D eigenvalue weighted by Gasteiger charge is -2.10. The van der Waals surface area contributed by atoms with Gasteiger partial charge in [0.2, 0.25) is 5.95 Å². The van der Waals surface area contributed by atoms with E-state index in [1.165, 1.54) is 0 Å². The van der Waals surface area contributed by atoms with Crippen molar-refractivity contribution in [1.82, 2.24) is 9.55 Å². The van der Waals surface area contributed by atoms with Crippen molar-refractivity contribution < 1.29 is 0 Å². The number of aromatic nitrogens is 2. The molecule has 0 radical (unpaired) electrons. The molecular weight excluding hydrogens is 304 g/mol. The Balaban J connectivity index is 1.77. The molecule has 0 saturated carbocycles. The van der Waals surface area contributed by atoms with Crippen molar-refractivity contribution in [1.29, 1.82) is 0 Å². The number of thiocarbonyl (C=S) groups is 1. The number of aryl methyl sites for hydroxylation is 1. The molecule has 0 unspecified atom stereocenters. The number of fused-ring (bicyclic) bond motifs is 1. The molecule has 0 atom stereocenters. The van der Waals surface area contributed by atoms with E-state index in [4.69, 9.17) is 23.8 Å². The molecule has 3 rings (SSSR count). The van der Waals surface area contributed by atoms with Gasteiger partial charge in [0.05, 0.1) is 11.0 Å². The Kier molecular flexibility index (Phi) is 3.77. The van der Waals surface area contributed by atoms with Crippen LogP contribution in [0.4, 0.5) is 11.6 Å². The second kappa shape index (κ2) is 5.71. The standard InChI is InChI=1S/C15H13ClN4S/c1-20-13-5-3-2-4-12(13)18-14(20)19-15(21)17-11-8-6-10(16)7-9-11/h2-9H,1H3,(H2,17,18,19,21). The third-order valence-electron chi connectivity index (χ3n) is 3.11. The molecule has 6 heteroatoms. The van der Waals surface area contributed by atoms with Crippen molar-refractivity contribution in [3.63, 3.8) is 0 Å². The summed E-state index contributed by atoms with van der Waals surface area (Å²) < 4.78 is 1.96. The van der Waals surface area contributed by atoms with Crippen molar-refractivity contribution in [2.45, 2.75) is 0 Å². The number of hydrogen-bond donors (Lipinski definition) is 2. The lowest BCUT2D eigenvalue weighted by molar-refractivity contribution is 0.962. The Labute approximate surface area is 132 Å². The van der Waals surface area contributed by atoms with Gasteiger partial charge in [-0.25, -0.2) is 4.98 Å². The van der Waals surface area contributed by atoms with E-state index in [9.17, 15) is 0 Å². The fourth-order valence-corrected chi connectivity index (χ4v) is 2.39. The molecule has 0 aliphatic heterocycles. The van der Waals surface area contributed by atoms with E-state index >= 15 is 0 Å². The number of hydrogen-bond acceptors (Lipinski definition) is 2. The number of imidazole rings is 1. The Morgan fingerprint density at radius 3 is 2.52 bits per heavy atom. The van der Waals surface area contributed by atoms with Crippen LogP contribution in [-0.4, -0.2) is 14.7 Å². The van der Waals surface area contributed by atoms with Gasteiger partial charge in [0.1, 0.15) is 0 Å². The SMILES string of the molecule is Cn1c(NC(=S)Nc2ccc(Cl)cc2)nc2ccccc21. The highest BCUT2D eigenvalue weighted by molar-refractivity contribution is 7.80. The lowest BCUT2D eigenvalue weighted by atomic mass is 10.3. The fourth-order valence-electron chi connectivity index (χ4n) is 2.05. The van der Waals surface area contributed by atoms with E-state index in [-0.39, 0.29) is 0 Å². The van der Waals surface area contributed by atoms with Crippen LogP contribution < -0.4 is 10.6 Å². The molecule has 106 valence electrons. The van der Waals surface area contributed by atoms with Crippen LogP contribution >= 0.6 is 23.8 Å². The largest absolute Gasteiger partial charge is 0.332 e. The summed E-state index contributed by atoms with van der Waals surface area (Å²) in [7, 11) is 1.95. The minimum atomic E-state index is 0.482. The maximum atomic E-state index is 5.85. The molecule has 1 heterocycles. The Morgan fingerprint density at radius 1 is 1.10 bits per heavy atom. The van der Waals surface area contributed by atoms with Crippen LogP contribution in [0.15, 0.2) is 48.5 Å². The molecule has 0 spiro atoms. The van der Waals surface area contributed by atoms with E-state index in [0.29, 0.717) is 16.1 Å². The zero-order valence-corrected chi connectivity index (χ0v) is 12.9. The second-order valence-electron chi connectivity index (χ2n) is 4.57. The van der Waals surface area contributed by atoms with Gasteiger partial charge >= 0.3 is 0 Å². The summed E-state index contributed by atoms with van der Waals surface area (Å²) >= 11 is 11.2. The number of rotatable bonds is 2. The maximum absolute atomic E-state index is 5.85. The number of nitrogens with zero attached hydrogens (tertiary/aromatic N) is 2. The van der Waals surface area contributed by atoms with Crippen LogP contribution in [-0.2, 0) is 7.05 Å². The van der Waals surface area contributed by atoms with Crippen LogP contribution in [0.2, 0.25) is 5.02 Å². The molecule has 2 aromatic carbocycles. The summed E-state index contributed by atoms with van der Waals surface area (Å²) in [5.41, 5.74) is 2.85. The first-order valence-electron chi connectivity index (χ1n) is 6.38. The van der Waals surface area contributed by atoms with Gasteiger partial charge in [0, 0.05) is 17.8 Å². The molecule has 4 nitrogen and oxygen atoms in total. The highest BCUT2D eigenvalue weighted by atomic mass is 35.5. The van der Waals surface area contributed by atoms with Gasteiger partial charge in [-0.15, -0.1) is 0 Å². The van der Waals surface area contributed by atoms with E-state index < -0.39 is 0 Å².